The van der Waals surface area contributed by atoms with E-state index in [-0.39, 0.29) is 6.10 Å². The van der Waals surface area contributed by atoms with Gasteiger partial charge in [-0.3, -0.25) is 0 Å². The molecule has 2 atom stereocenters. The summed E-state index contributed by atoms with van der Waals surface area (Å²) < 4.78 is 6.37. The molecule has 0 bridgehead atoms. The van der Waals surface area contributed by atoms with Crippen LogP contribution in [-0.4, -0.2) is 6.54 Å². The van der Waals surface area contributed by atoms with Crippen molar-refractivity contribution in [1.82, 2.24) is 0 Å². The zero-order valence-electron chi connectivity index (χ0n) is 15.0. The largest absolute Gasteiger partial charge is 0.486 e. The Morgan fingerprint density at radius 1 is 0.769 bits per heavy atom. The molecule has 1 aliphatic rings. The predicted octanol–water partition coefficient (Wildman–Crippen LogP) is 5.23. The van der Waals surface area contributed by atoms with E-state index in [2.05, 4.69) is 78.9 Å². The molecule has 0 aliphatic heterocycles. The van der Waals surface area contributed by atoms with Crippen LogP contribution in [0.5, 0.6) is 5.75 Å². The highest BCUT2D eigenvalue weighted by Crippen LogP contribution is 2.42. The molecule has 0 heterocycles. The Morgan fingerprint density at radius 2 is 1.46 bits per heavy atom. The van der Waals surface area contributed by atoms with Crippen LogP contribution in [0.2, 0.25) is 0 Å². The lowest BCUT2D eigenvalue weighted by Gasteiger charge is -2.32. The van der Waals surface area contributed by atoms with Crippen LogP contribution in [0.3, 0.4) is 0 Å². The zero-order valence-corrected chi connectivity index (χ0v) is 15.0. The van der Waals surface area contributed by atoms with Gasteiger partial charge in [-0.2, -0.15) is 0 Å². The minimum Gasteiger partial charge on any atom is -0.486 e. The third-order valence-corrected chi connectivity index (χ3v) is 5.27. The van der Waals surface area contributed by atoms with E-state index in [0.29, 0.717) is 12.5 Å². The summed E-state index contributed by atoms with van der Waals surface area (Å²) in [4.78, 5) is 0. The number of nitrogens with two attached hydrogens (primary N) is 1. The van der Waals surface area contributed by atoms with Crippen molar-refractivity contribution >= 4 is 0 Å². The molecular weight excluding hydrogens is 318 g/mol. The lowest BCUT2D eigenvalue weighted by Crippen LogP contribution is -2.19. The summed E-state index contributed by atoms with van der Waals surface area (Å²) in [5.74, 6) is 1.39. The summed E-state index contributed by atoms with van der Waals surface area (Å²) in [5.41, 5.74) is 11.0. The fraction of sp³-hybridized carbons (Fsp3) is 0.250. The number of ether oxygens (including phenoxy) is 1. The Bertz CT molecular complexity index is 842. The minimum absolute atomic E-state index is 0.117. The van der Waals surface area contributed by atoms with Crippen molar-refractivity contribution in [1.29, 1.82) is 0 Å². The van der Waals surface area contributed by atoms with E-state index in [1.54, 1.807) is 0 Å². The second kappa shape index (κ2) is 7.76. The van der Waals surface area contributed by atoms with Crippen LogP contribution < -0.4 is 10.5 Å². The van der Waals surface area contributed by atoms with Crippen LogP contribution >= 0.6 is 0 Å². The molecule has 0 saturated carbocycles. The Hall–Kier alpha value is -2.58. The average Bonchev–Trinajstić information content (AvgIpc) is 2.71. The van der Waals surface area contributed by atoms with Gasteiger partial charge < -0.3 is 10.5 Å². The third kappa shape index (κ3) is 3.51. The predicted molar refractivity (Wildman–Crippen MR) is 107 cm³/mol. The van der Waals surface area contributed by atoms with Gasteiger partial charge in [-0.15, -0.1) is 0 Å². The molecule has 2 N–H and O–H groups in total. The first-order valence-corrected chi connectivity index (χ1v) is 9.44. The van der Waals surface area contributed by atoms with Crippen LogP contribution in [0.15, 0.2) is 78.9 Å². The quantitative estimate of drug-likeness (QED) is 0.688. The maximum Gasteiger partial charge on any atom is 0.124 e. The van der Waals surface area contributed by atoms with Gasteiger partial charge in [0, 0.05) is 5.92 Å². The third-order valence-electron chi connectivity index (χ3n) is 5.27. The second-order valence-corrected chi connectivity index (χ2v) is 6.96. The summed E-state index contributed by atoms with van der Waals surface area (Å²) >= 11 is 0. The molecule has 2 heteroatoms. The van der Waals surface area contributed by atoms with Gasteiger partial charge in [0.2, 0.25) is 0 Å². The van der Waals surface area contributed by atoms with Gasteiger partial charge in [0.1, 0.15) is 11.9 Å². The number of rotatable bonds is 5. The lowest BCUT2D eigenvalue weighted by molar-refractivity contribution is 0.179. The van der Waals surface area contributed by atoms with E-state index < -0.39 is 0 Å². The van der Waals surface area contributed by atoms with Gasteiger partial charge in [0.15, 0.2) is 0 Å². The van der Waals surface area contributed by atoms with Crippen molar-refractivity contribution in [2.75, 3.05) is 6.54 Å². The van der Waals surface area contributed by atoms with Gasteiger partial charge in [0.25, 0.3) is 0 Å². The molecule has 0 spiro atoms. The smallest absolute Gasteiger partial charge is 0.124 e. The Balaban J connectivity index is 1.58. The number of fused-ring (bicyclic) bond motifs is 1. The normalized spacial score (nSPS) is 19.0. The van der Waals surface area contributed by atoms with Crippen molar-refractivity contribution in [3.05, 3.63) is 101 Å². The van der Waals surface area contributed by atoms with Crippen molar-refractivity contribution in [3.8, 4) is 5.75 Å². The van der Waals surface area contributed by atoms with Crippen LogP contribution in [0.1, 0.15) is 47.1 Å². The summed E-state index contributed by atoms with van der Waals surface area (Å²) in [6, 6.07) is 27.9. The van der Waals surface area contributed by atoms with Crippen molar-refractivity contribution in [2.45, 2.75) is 31.3 Å². The Morgan fingerprint density at radius 3 is 2.19 bits per heavy atom. The molecule has 1 aliphatic carbocycles. The molecular formula is C24H25NO. The molecule has 0 saturated heterocycles. The molecule has 0 fully saturated rings. The van der Waals surface area contributed by atoms with Crippen LogP contribution in [-0.2, 0) is 6.42 Å². The first kappa shape index (κ1) is 16.9. The first-order valence-electron chi connectivity index (χ1n) is 9.44. The lowest BCUT2D eigenvalue weighted by atomic mass is 9.77. The Labute approximate surface area is 155 Å². The molecule has 0 radical (unpaired) electrons. The summed E-state index contributed by atoms with van der Waals surface area (Å²) in [7, 11) is 0. The van der Waals surface area contributed by atoms with Gasteiger partial charge in [-0.05, 0) is 60.2 Å². The molecule has 0 amide bonds. The van der Waals surface area contributed by atoms with Gasteiger partial charge in [-0.1, -0.05) is 66.7 Å². The topological polar surface area (TPSA) is 35.2 Å². The number of hydrogen-bond donors (Lipinski definition) is 1. The highest BCUT2D eigenvalue weighted by atomic mass is 16.5. The number of benzene rings is 3. The molecule has 2 nitrogen and oxygen atoms in total. The molecule has 0 unspecified atom stereocenters. The van der Waals surface area contributed by atoms with Gasteiger partial charge in [-0.25, -0.2) is 0 Å². The standard InChI is InChI=1S/C24H25NO/c25-17-16-18-10-12-20(13-11-18)26-24-15-14-21(19-6-2-1-3-7-19)22-8-4-5-9-23(22)24/h1-13,21,24H,14-17,25H2/t21-,24-/m1/s1. The minimum atomic E-state index is 0.117. The van der Waals surface area contributed by atoms with Crippen molar-refractivity contribution in [2.24, 2.45) is 5.73 Å². The van der Waals surface area contributed by atoms with Crippen molar-refractivity contribution < 1.29 is 4.74 Å². The van der Waals surface area contributed by atoms with Crippen LogP contribution in [0.4, 0.5) is 0 Å². The molecule has 0 aromatic heterocycles. The SMILES string of the molecule is NCCc1ccc(O[C@@H]2CC[C@H](c3ccccc3)c3ccccc32)cc1. The number of hydrogen-bond acceptors (Lipinski definition) is 2. The Kier molecular flexibility index (Phi) is 5.03. The fourth-order valence-corrected chi connectivity index (χ4v) is 3.97. The average molecular weight is 343 g/mol. The molecule has 4 rings (SSSR count). The highest BCUT2D eigenvalue weighted by Gasteiger charge is 2.29. The maximum atomic E-state index is 6.37. The highest BCUT2D eigenvalue weighted by molar-refractivity contribution is 5.42. The molecule has 3 aromatic carbocycles. The fourth-order valence-electron chi connectivity index (χ4n) is 3.97. The summed E-state index contributed by atoms with van der Waals surface area (Å²) in [5, 5.41) is 0. The van der Waals surface area contributed by atoms with Gasteiger partial charge in [0.05, 0.1) is 0 Å². The zero-order chi connectivity index (χ0) is 17.8. The van der Waals surface area contributed by atoms with E-state index in [1.165, 1.54) is 22.3 Å². The molecule has 3 aromatic rings. The van der Waals surface area contributed by atoms with E-state index in [1.807, 2.05) is 0 Å². The van der Waals surface area contributed by atoms with Crippen molar-refractivity contribution in [3.63, 3.8) is 0 Å². The monoisotopic (exact) mass is 343 g/mol. The van der Waals surface area contributed by atoms with E-state index in [4.69, 9.17) is 10.5 Å². The molecule has 132 valence electrons. The summed E-state index contributed by atoms with van der Waals surface area (Å²) in [6.45, 7) is 0.678. The van der Waals surface area contributed by atoms with Gasteiger partial charge >= 0.3 is 0 Å². The molecule has 26 heavy (non-hydrogen) atoms. The van der Waals surface area contributed by atoms with E-state index >= 15 is 0 Å². The van der Waals surface area contributed by atoms with Crippen LogP contribution in [0, 0.1) is 0 Å². The maximum absolute atomic E-state index is 6.37. The van der Waals surface area contributed by atoms with Crippen LogP contribution in [0.25, 0.3) is 0 Å². The summed E-state index contributed by atoms with van der Waals surface area (Å²) in [6.07, 6.45) is 3.16. The van der Waals surface area contributed by atoms with E-state index in [9.17, 15) is 0 Å². The second-order valence-electron chi connectivity index (χ2n) is 6.96. The first-order chi connectivity index (χ1) is 12.8. The van der Waals surface area contributed by atoms with E-state index in [0.717, 1.165) is 25.0 Å².